The van der Waals surface area contributed by atoms with E-state index in [1.807, 2.05) is 18.2 Å². The minimum atomic E-state index is -4.44. The zero-order valence-electron chi connectivity index (χ0n) is 12.5. The van der Waals surface area contributed by atoms with Gasteiger partial charge < -0.3 is 5.73 Å². The molecule has 0 aliphatic rings. The van der Waals surface area contributed by atoms with Crippen molar-refractivity contribution < 1.29 is 13.2 Å². The van der Waals surface area contributed by atoms with Crippen LogP contribution in [0.3, 0.4) is 0 Å². The molecule has 0 saturated heterocycles. The summed E-state index contributed by atoms with van der Waals surface area (Å²) in [4.78, 5) is 8.57. The maximum absolute atomic E-state index is 13.1. The molecule has 4 aromatic rings. The molecule has 0 saturated carbocycles. The van der Waals surface area contributed by atoms with Crippen LogP contribution in [-0.4, -0.2) is 14.5 Å². The van der Waals surface area contributed by atoms with Gasteiger partial charge in [0.05, 0.1) is 22.8 Å². The van der Waals surface area contributed by atoms with Crippen molar-refractivity contribution in [3.05, 3.63) is 58.7 Å². The first kappa shape index (κ1) is 15.9. The molecule has 2 heterocycles. The number of alkyl halides is 3. The molecule has 0 spiro atoms. The van der Waals surface area contributed by atoms with E-state index in [4.69, 9.17) is 5.73 Å². The Labute approximate surface area is 148 Å². The Bertz CT molecular complexity index is 1120. The van der Waals surface area contributed by atoms with E-state index < -0.39 is 11.7 Å². The van der Waals surface area contributed by atoms with Crippen molar-refractivity contribution >= 4 is 43.8 Å². The van der Waals surface area contributed by atoms with E-state index in [1.54, 1.807) is 12.3 Å². The van der Waals surface area contributed by atoms with Crippen molar-refractivity contribution in [2.24, 2.45) is 0 Å². The van der Waals surface area contributed by atoms with E-state index in [2.05, 4.69) is 25.9 Å². The average Bonchev–Trinajstić information content (AvgIpc) is 2.90. The number of nitrogen functional groups attached to an aromatic ring is 1. The van der Waals surface area contributed by atoms with Gasteiger partial charge in [0.15, 0.2) is 0 Å². The smallest absolute Gasteiger partial charge is 0.369 e. The van der Waals surface area contributed by atoms with E-state index in [1.165, 1.54) is 10.6 Å². The second-order valence-corrected chi connectivity index (χ2v) is 6.42. The summed E-state index contributed by atoms with van der Waals surface area (Å²) < 4.78 is 41.5. The largest absolute Gasteiger partial charge is 0.416 e. The van der Waals surface area contributed by atoms with Crippen molar-refractivity contribution in [3.8, 4) is 5.69 Å². The topological polar surface area (TPSA) is 56.7 Å². The Balaban J connectivity index is 2.08. The third-order valence-electron chi connectivity index (χ3n) is 3.90. The highest BCUT2D eigenvalue weighted by atomic mass is 79.9. The Morgan fingerprint density at radius 2 is 1.84 bits per heavy atom. The molecule has 2 N–H and O–H groups in total. The maximum atomic E-state index is 13.1. The molecule has 0 radical (unpaired) electrons. The molecule has 0 unspecified atom stereocenters. The molecule has 2 aromatic carbocycles. The van der Waals surface area contributed by atoms with Gasteiger partial charge in [0.25, 0.3) is 0 Å². The second-order valence-electron chi connectivity index (χ2n) is 5.51. The van der Waals surface area contributed by atoms with Gasteiger partial charge in [0.1, 0.15) is 5.52 Å². The van der Waals surface area contributed by atoms with E-state index >= 15 is 0 Å². The SMILES string of the molecule is Nc1nc2cnc3ccc(Br)cc3c2n1-c1cccc(C(F)(F)F)c1. The first-order valence-corrected chi connectivity index (χ1v) is 8.04. The normalized spacial score (nSPS) is 12.2. The Morgan fingerprint density at radius 1 is 1.04 bits per heavy atom. The quantitative estimate of drug-likeness (QED) is 0.487. The van der Waals surface area contributed by atoms with E-state index in [9.17, 15) is 13.2 Å². The summed E-state index contributed by atoms with van der Waals surface area (Å²) in [6.07, 6.45) is -2.88. The number of aromatic nitrogens is 3. The van der Waals surface area contributed by atoms with Crippen LogP contribution in [0.5, 0.6) is 0 Å². The lowest BCUT2D eigenvalue weighted by Gasteiger charge is -2.12. The molecule has 0 amide bonds. The summed E-state index contributed by atoms with van der Waals surface area (Å²) in [5.41, 5.74) is 7.38. The molecule has 126 valence electrons. The van der Waals surface area contributed by atoms with Gasteiger partial charge in [-0.1, -0.05) is 22.0 Å². The highest BCUT2D eigenvalue weighted by Crippen LogP contribution is 2.34. The molecule has 0 aliphatic heterocycles. The van der Waals surface area contributed by atoms with Crippen LogP contribution in [-0.2, 0) is 6.18 Å². The number of anilines is 1. The highest BCUT2D eigenvalue weighted by molar-refractivity contribution is 9.10. The zero-order valence-corrected chi connectivity index (χ0v) is 14.1. The fourth-order valence-corrected chi connectivity index (χ4v) is 3.19. The lowest BCUT2D eigenvalue weighted by molar-refractivity contribution is -0.137. The van der Waals surface area contributed by atoms with Gasteiger partial charge in [-0.3, -0.25) is 9.55 Å². The van der Waals surface area contributed by atoms with Gasteiger partial charge in [-0.15, -0.1) is 0 Å². The summed E-state index contributed by atoms with van der Waals surface area (Å²) >= 11 is 3.41. The average molecular weight is 407 g/mol. The predicted octanol–water partition coefficient (Wildman–Crippen LogP) is 4.94. The minimum absolute atomic E-state index is 0.101. The van der Waals surface area contributed by atoms with Gasteiger partial charge in [-0.25, -0.2) is 4.98 Å². The molecular weight excluding hydrogens is 397 g/mol. The van der Waals surface area contributed by atoms with Crippen molar-refractivity contribution in [1.29, 1.82) is 0 Å². The molecule has 2 aromatic heterocycles. The van der Waals surface area contributed by atoms with Gasteiger partial charge in [-0.05, 0) is 36.4 Å². The van der Waals surface area contributed by atoms with Gasteiger partial charge >= 0.3 is 6.18 Å². The summed E-state index contributed by atoms with van der Waals surface area (Å²) in [5, 5.41) is 0.744. The van der Waals surface area contributed by atoms with Crippen LogP contribution in [0.2, 0.25) is 0 Å². The van der Waals surface area contributed by atoms with Gasteiger partial charge in [-0.2, -0.15) is 13.2 Å². The molecule has 8 heteroatoms. The molecule has 25 heavy (non-hydrogen) atoms. The van der Waals surface area contributed by atoms with E-state index in [0.717, 1.165) is 22.0 Å². The first-order valence-electron chi connectivity index (χ1n) is 7.24. The molecule has 0 atom stereocenters. The van der Waals surface area contributed by atoms with Gasteiger partial charge in [0.2, 0.25) is 5.95 Å². The summed E-state index contributed by atoms with van der Waals surface area (Å²) in [7, 11) is 0. The Hall–Kier alpha value is -2.61. The van der Waals surface area contributed by atoms with Gasteiger partial charge in [0, 0.05) is 15.5 Å². The monoisotopic (exact) mass is 406 g/mol. The van der Waals surface area contributed by atoms with E-state index in [0.29, 0.717) is 22.2 Å². The molecule has 4 rings (SSSR count). The number of rotatable bonds is 1. The first-order chi connectivity index (χ1) is 11.8. The number of nitrogens with zero attached hydrogens (tertiary/aromatic N) is 3. The zero-order chi connectivity index (χ0) is 17.8. The van der Waals surface area contributed by atoms with Crippen LogP contribution in [0.25, 0.3) is 27.6 Å². The van der Waals surface area contributed by atoms with Crippen LogP contribution in [0, 0.1) is 0 Å². The number of nitrogens with two attached hydrogens (primary N) is 1. The van der Waals surface area contributed by atoms with Crippen molar-refractivity contribution in [2.75, 3.05) is 5.73 Å². The fraction of sp³-hybridized carbons (Fsp3) is 0.0588. The van der Waals surface area contributed by atoms with Crippen molar-refractivity contribution in [3.63, 3.8) is 0 Å². The Kier molecular flexibility index (Phi) is 3.47. The fourth-order valence-electron chi connectivity index (χ4n) is 2.83. The lowest BCUT2D eigenvalue weighted by atomic mass is 10.1. The van der Waals surface area contributed by atoms with Crippen molar-refractivity contribution in [2.45, 2.75) is 6.18 Å². The van der Waals surface area contributed by atoms with Crippen LogP contribution in [0.15, 0.2) is 53.1 Å². The lowest BCUT2D eigenvalue weighted by Crippen LogP contribution is -2.07. The number of benzene rings is 2. The number of halogens is 4. The number of pyridine rings is 1. The summed E-state index contributed by atoms with van der Waals surface area (Å²) in [6, 6.07) is 10.5. The molecule has 4 nitrogen and oxygen atoms in total. The Morgan fingerprint density at radius 3 is 2.60 bits per heavy atom. The minimum Gasteiger partial charge on any atom is -0.369 e. The van der Waals surface area contributed by atoms with Crippen LogP contribution in [0.1, 0.15) is 5.56 Å². The predicted molar refractivity (Wildman–Crippen MR) is 93.5 cm³/mol. The molecule has 0 bridgehead atoms. The number of imidazole rings is 1. The number of fused-ring (bicyclic) bond motifs is 3. The third-order valence-corrected chi connectivity index (χ3v) is 4.39. The maximum Gasteiger partial charge on any atom is 0.416 e. The van der Waals surface area contributed by atoms with E-state index in [-0.39, 0.29) is 5.95 Å². The van der Waals surface area contributed by atoms with Crippen LogP contribution < -0.4 is 5.73 Å². The molecular formula is C17H10BrF3N4. The molecule has 0 fully saturated rings. The third kappa shape index (κ3) is 2.62. The highest BCUT2D eigenvalue weighted by Gasteiger charge is 2.30. The van der Waals surface area contributed by atoms with Crippen LogP contribution >= 0.6 is 15.9 Å². The second kappa shape index (κ2) is 5.45. The van der Waals surface area contributed by atoms with Crippen molar-refractivity contribution in [1.82, 2.24) is 14.5 Å². The standard InChI is InChI=1S/C17H10BrF3N4/c18-10-4-5-13-12(7-10)15-14(8-23-13)24-16(22)25(15)11-3-1-2-9(6-11)17(19,20)21/h1-8H,(H2,22,24). The number of hydrogen-bond donors (Lipinski definition) is 1. The summed E-state index contributed by atoms with van der Waals surface area (Å²) in [6.45, 7) is 0. The number of hydrogen-bond acceptors (Lipinski definition) is 3. The summed E-state index contributed by atoms with van der Waals surface area (Å²) in [5.74, 6) is 0.101. The van der Waals surface area contributed by atoms with Crippen LogP contribution in [0.4, 0.5) is 19.1 Å². The molecule has 0 aliphatic carbocycles.